The van der Waals surface area contributed by atoms with E-state index in [9.17, 15) is 13.6 Å². The average molecular weight is 228 g/mol. The van der Waals surface area contributed by atoms with Crippen molar-refractivity contribution < 1.29 is 23.4 Å². The van der Waals surface area contributed by atoms with Gasteiger partial charge in [0.1, 0.15) is 24.0 Å². The highest BCUT2D eigenvalue weighted by Gasteiger charge is 2.02. The van der Waals surface area contributed by atoms with Crippen LogP contribution in [0, 0.1) is 11.6 Å². The quantitative estimate of drug-likeness (QED) is 0.805. The molecule has 1 aromatic carbocycles. The Balaban J connectivity index is 2.62. The fraction of sp³-hybridized carbons (Fsp3) is 0.182. The first-order chi connectivity index (χ1) is 7.49. The first-order valence-electron chi connectivity index (χ1n) is 4.48. The Kier molecular flexibility index (Phi) is 3.99. The molecular weight excluding hydrogens is 218 g/mol. The van der Waals surface area contributed by atoms with Gasteiger partial charge in [-0.1, -0.05) is 0 Å². The van der Waals surface area contributed by atoms with Crippen molar-refractivity contribution in [1.82, 2.24) is 0 Å². The van der Waals surface area contributed by atoms with Crippen LogP contribution in [0.5, 0.6) is 5.75 Å². The van der Waals surface area contributed by atoms with Crippen LogP contribution in [0.3, 0.4) is 0 Å². The number of carbonyl (C=O) groups is 1. The molecular formula is C11H10F2O3. The number of hydrogen-bond acceptors (Lipinski definition) is 2. The highest BCUT2D eigenvalue weighted by atomic mass is 19.1. The van der Waals surface area contributed by atoms with Crippen LogP contribution in [0.2, 0.25) is 0 Å². The number of rotatable bonds is 4. The average Bonchev–Trinajstić information content (AvgIpc) is 2.15. The van der Waals surface area contributed by atoms with Crippen LogP contribution in [0.4, 0.5) is 8.78 Å². The minimum atomic E-state index is -1.06. The SMILES string of the molecule is CC(=CCOc1cc(F)cc(F)c1)C(=O)O. The Hall–Kier alpha value is -1.91. The van der Waals surface area contributed by atoms with Gasteiger partial charge in [0.25, 0.3) is 0 Å². The highest BCUT2D eigenvalue weighted by Crippen LogP contribution is 2.15. The molecule has 1 aromatic rings. The Labute approximate surface area is 91.0 Å². The van der Waals surface area contributed by atoms with Crippen LogP contribution in [0.15, 0.2) is 29.8 Å². The van der Waals surface area contributed by atoms with Gasteiger partial charge >= 0.3 is 5.97 Å². The van der Waals surface area contributed by atoms with Crippen molar-refractivity contribution in [2.75, 3.05) is 6.61 Å². The summed E-state index contributed by atoms with van der Waals surface area (Å²) >= 11 is 0. The van der Waals surface area contributed by atoms with Crippen molar-refractivity contribution in [2.24, 2.45) is 0 Å². The third kappa shape index (κ3) is 3.68. The van der Waals surface area contributed by atoms with Crippen LogP contribution in [-0.2, 0) is 4.79 Å². The van der Waals surface area contributed by atoms with E-state index in [0.717, 1.165) is 18.2 Å². The zero-order valence-electron chi connectivity index (χ0n) is 8.54. The summed E-state index contributed by atoms with van der Waals surface area (Å²) in [5.41, 5.74) is 0.108. The van der Waals surface area contributed by atoms with E-state index in [0.29, 0.717) is 0 Å². The highest BCUT2D eigenvalue weighted by molar-refractivity contribution is 5.85. The van der Waals surface area contributed by atoms with Crippen molar-refractivity contribution in [1.29, 1.82) is 0 Å². The molecule has 0 aliphatic rings. The second-order valence-electron chi connectivity index (χ2n) is 3.11. The van der Waals surface area contributed by atoms with Crippen LogP contribution in [0.25, 0.3) is 0 Å². The molecule has 16 heavy (non-hydrogen) atoms. The molecule has 5 heteroatoms. The summed E-state index contributed by atoms with van der Waals surface area (Å²) in [6, 6.07) is 2.77. The van der Waals surface area contributed by atoms with Gasteiger partial charge in [-0.2, -0.15) is 0 Å². The Morgan fingerprint density at radius 3 is 2.44 bits per heavy atom. The van der Waals surface area contributed by atoms with E-state index in [4.69, 9.17) is 9.84 Å². The number of halogens is 2. The van der Waals surface area contributed by atoms with Crippen LogP contribution < -0.4 is 4.74 Å². The predicted octanol–water partition coefficient (Wildman–Crippen LogP) is 2.37. The maximum absolute atomic E-state index is 12.7. The lowest BCUT2D eigenvalue weighted by atomic mass is 10.3. The maximum atomic E-state index is 12.7. The van der Waals surface area contributed by atoms with E-state index < -0.39 is 17.6 Å². The minimum absolute atomic E-state index is 0.0203. The molecule has 0 saturated carbocycles. The molecule has 1 N–H and O–H groups in total. The number of hydrogen-bond donors (Lipinski definition) is 1. The lowest BCUT2D eigenvalue weighted by molar-refractivity contribution is -0.132. The molecule has 0 unspecified atom stereocenters. The molecule has 0 radical (unpaired) electrons. The lowest BCUT2D eigenvalue weighted by Gasteiger charge is -2.03. The topological polar surface area (TPSA) is 46.5 Å². The molecule has 0 aromatic heterocycles. The monoisotopic (exact) mass is 228 g/mol. The zero-order chi connectivity index (χ0) is 12.1. The third-order valence-corrected chi connectivity index (χ3v) is 1.81. The zero-order valence-corrected chi connectivity index (χ0v) is 8.54. The van der Waals surface area contributed by atoms with Crippen LogP contribution in [0.1, 0.15) is 6.92 Å². The number of benzene rings is 1. The van der Waals surface area contributed by atoms with Gasteiger partial charge in [0, 0.05) is 23.8 Å². The van der Waals surface area contributed by atoms with E-state index in [1.54, 1.807) is 0 Å². The summed E-state index contributed by atoms with van der Waals surface area (Å²) in [7, 11) is 0. The van der Waals surface area contributed by atoms with Gasteiger partial charge in [0.15, 0.2) is 0 Å². The first kappa shape index (κ1) is 12.2. The largest absolute Gasteiger partial charge is 0.489 e. The molecule has 0 spiro atoms. The predicted molar refractivity (Wildman–Crippen MR) is 53.2 cm³/mol. The number of carboxylic acids is 1. The number of aliphatic carboxylic acids is 1. The van der Waals surface area contributed by atoms with Gasteiger partial charge < -0.3 is 9.84 Å². The number of carboxylic acid groups (broad SMARTS) is 1. The molecule has 1 rings (SSSR count). The number of ether oxygens (including phenoxy) is 1. The molecule has 0 fully saturated rings. The van der Waals surface area contributed by atoms with Gasteiger partial charge in [0.2, 0.25) is 0 Å². The Bertz CT molecular complexity index is 407. The van der Waals surface area contributed by atoms with Gasteiger partial charge in [-0.05, 0) is 13.0 Å². The smallest absolute Gasteiger partial charge is 0.331 e. The summed E-state index contributed by atoms with van der Waals surface area (Å²) in [6.45, 7) is 1.35. The molecule has 0 heterocycles. The van der Waals surface area contributed by atoms with Crippen molar-refractivity contribution in [3.05, 3.63) is 41.5 Å². The summed E-state index contributed by atoms with van der Waals surface area (Å²) in [6.07, 6.45) is 1.31. The van der Waals surface area contributed by atoms with E-state index in [1.807, 2.05) is 0 Å². The summed E-state index contributed by atoms with van der Waals surface area (Å²) in [4.78, 5) is 10.4. The maximum Gasteiger partial charge on any atom is 0.331 e. The van der Waals surface area contributed by atoms with Gasteiger partial charge in [-0.3, -0.25) is 0 Å². The molecule has 3 nitrogen and oxygen atoms in total. The Morgan fingerprint density at radius 1 is 1.38 bits per heavy atom. The standard InChI is InChI=1S/C11H10F2O3/c1-7(11(14)15)2-3-16-10-5-8(12)4-9(13)6-10/h2,4-6H,3H2,1H3,(H,14,15). The van der Waals surface area contributed by atoms with Crippen LogP contribution in [-0.4, -0.2) is 17.7 Å². The molecule has 0 amide bonds. The summed E-state index contributed by atoms with van der Waals surface area (Å²) in [5, 5.41) is 8.52. The summed E-state index contributed by atoms with van der Waals surface area (Å²) < 4.78 is 30.4. The fourth-order valence-corrected chi connectivity index (χ4v) is 0.962. The minimum Gasteiger partial charge on any atom is -0.489 e. The molecule has 0 bridgehead atoms. The fourth-order valence-electron chi connectivity index (χ4n) is 0.962. The van der Waals surface area contributed by atoms with Crippen molar-refractivity contribution in [3.8, 4) is 5.75 Å². The third-order valence-electron chi connectivity index (χ3n) is 1.81. The molecule has 0 aliphatic carbocycles. The second kappa shape index (κ2) is 5.25. The van der Waals surface area contributed by atoms with Gasteiger partial charge in [-0.25, -0.2) is 13.6 Å². The molecule has 86 valence electrons. The van der Waals surface area contributed by atoms with E-state index >= 15 is 0 Å². The lowest BCUT2D eigenvalue weighted by Crippen LogP contribution is -2.01. The van der Waals surface area contributed by atoms with Crippen molar-refractivity contribution >= 4 is 5.97 Å². The van der Waals surface area contributed by atoms with Gasteiger partial charge in [-0.15, -0.1) is 0 Å². The normalized spacial score (nSPS) is 11.3. The van der Waals surface area contributed by atoms with Crippen molar-refractivity contribution in [2.45, 2.75) is 6.92 Å². The van der Waals surface area contributed by atoms with Crippen molar-refractivity contribution in [3.63, 3.8) is 0 Å². The van der Waals surface area contributed by atoms with E-state index in [1.165, 1.54) is 13.0 Å². The van der Waals surface area contributed by atoms with Crippen LogP contribution >= 0.6 is 0 Å². The molecule has 0 aliphatic heterocycles. The first-order valence-corrected chi connectivity index (χ1v) is 4.48. The molecule has 0 atom stereocenters. The Morgan fingerprint density at radius 2 is 1.94 bits per heavy atom. The van der Waals surface area contributed by atoms with Gasteiger partial charge in [0.05, 0.1) is 0 Å². The second-order valence-corrected chi connectivity index (χ2v) is 3.11. The van der Waals surface area contributed by atoms with E-state index in [2.05, 4.69) is 0 Å². The molecule has 0 saturated heterocycles. The van der Waals surface area contributed by atoms with E-state index in [-0.39, 0.29) is 17.9 Å². The summed E-state index contributed by atoms with van der Waals surface area (Å²) in [5.74, 6) is -2.52.